The van der Waals surface area contributed by atoms with Crippen molar-refractivity contribution >= 4 is 21.7 Å². The Balaban J connectivity index is 2.46. The van der Waals surface area contributed by atoms with Gasteiger partial charge in [-0.1, -0.05) is 30.3 Å². The van der Waals surface area contributed by atoms with Gasteiger partial charge in [0.25, 0.3) is 0 Å². The SMILES string of the molecule is CCn1ncc(Br)c1C(=O)C(C)(N)c1ccccc1. The molecular formula is C14H16BrN3O. The van der Waals surface area contributed by atoms with Gasteiger partial charge in [-0.2, -0.15) is 5.10 Å². The van der Waals surface area contributed by atoms with Gasteiger partial charge in [0.2, 0.25) is 5.78 Å². The summed E-state index contributed by atoms with van der Waals surface area (Å²) in [6.45, 7) is 4.29. The maximum atomic E-state index is 12.7. The van der Waals surface area contributed by atoms with Crippen LogP contribution in [0.2, 0.25) is 0 Å². The molecule has 0 saturated carbocycles. The third-order valence-electron chi connectivity index (χ3n) is 3.15. The Hall–Kier alpha value is -1.46. The molecule has 1 atom stereocenters. The van der Waals surface area contributed by atoms with Gasteiger partial charge in [0, 0.05) is 6.54 Å². The third-order valence-corrected chi connectivity index (χ3v) is 3.73. The van der Waals surface area contributed by atoms with Gasteiger partial charge >= 0.3 is 0 Å². The van der Waals surface area contributed by atoms with Crippen LogP contribution in [-0.2, 0) is 12.1 Å². The molecule has 0 aliphatic rings. The first-order valence-electron chi connectivity index (χ1n) is 6.09. The summed E-state index contributed by atoms with van der Waals surface area (Å²) >= 11 is 3.36. The number of carbonyl (C=O) groups excluding carboxylic acids is 1. The van der Waals surface area contributed by atoms with Gasteiger partial charge in [0.05, 0.1) is 10.7 Å². The Labute approximate surface area is 120 Å². The summed E-state index contributed by atoms with van der Waals surface area (Å²) in [4.78, 5) is 12.7. The van der Waals surface area contributed by atoms with E-state index in [0.29, 0.717) is 16.7 Å². The summed E-state index contributed by atoms with van der Waals surface area (Å²) in [6.07, 6.45) is 1.62. The van der Waals surface area contributed by atoms with Gasteiger partial charge < -0.3 is 5.73 Å². The number of halogens is 1. The molecule has 0 bridgehead atoms. The first-order valence-corrected chi connectivity index (χ1v) is 6.88. The van der Waals surface area contributed by atoms with Crippen molar-refractivity contribution in [2.75, 3.05) is 0 Å². The number of nitrogens with zero attached hydrogens (tertiary/aromatic N) is 2. The average molecular weight is 322 g/mol. The number of carbonyl (C=O) groups is 1. The Morgan fingerprint density at radius 1 is 1.42 bits per heavy atom. The topological polar surface area (TPSA) is 60.9 Å². The zero-order valence-corrected chi connectivity index (χ0v) is 12.5. The third kappa shape index (κ3) is 2.48. The fraction of sp³-hybridized carbons (Fsp3) is 0.286. The van der Waals surface area contributed by atoms with Crippen LogP contribution >= 0.6 is 15.9 Å². The molecule has 1 unspecified atom stereocenters. The number of aromatic nitrogens is 2. The van der Waals surface area contributed by atoms with Gasteiger partial charge in [0.15, 0.2) is 0 Å². The maximum absolute atomic E-state index is 12.7. The van der Waals surface area contributed by atoms with E-state index in [1.807, 2.05) is 37.3 Å². The highest BCUT2D eigenvalue weighted by atomic mass is 79.9. The van der Waals surface area contributed by atoms with Crippen molar-refractivity contribution < 1.29 is 4.79 Å². The first kappa shape index (κ1) is 14.0. The molecule has 0 amide bonds. The lowest BCUT2D eigenvalue weighted by Crippen LogP contribution is -2.43. The minimum Gasteiger partial charge on any atom is -0.315 e. The van der Waals surface area contributed by atoms with E-state index in [4.69, 9.17) is 5.73 Å². The highest BCUT2D eigenvalue weighted by Gasteiger charge is 2.34. The normalized spacial score (nSPS) is 14.1. The Kier molecular flexibility index (Phi) is 3.87. The lowest BCUT2D eigenvalue weighted by atomic mass is 9.87. The molecule has 0 aliphatic carbocycles. The number of hydrogen-bond donors (Lipinski definition) is 1. The monoisotopic (exact) mass is 321 g/mol. The van der Waals surface area contributed by atoms with Gasteiger partial charge in [-0.05, 0) is 35.3 Å². The van der Waals surface area contributed by atoms with Gasteiger partial charge in [0.1, 0.15) is 11.2 Å². The number of rotatable bonds is 4. The molecule has 0 saturated heterocycles. The number of hydrogen-bond acceptors (Lipinski definition) is 3. The quantitative estimate of drug-likeness (QED) is 0.881. The molecule has 1 heterocycles. The minimum atomic E-state index is -1.07. The van der Waals surface area contributed by atoms with E-state index in [9.17, 15) is 4.79 Å². The molecule has 2 aromatic rings. The van der Waals surface area contributed by atoms with E-state index in [0.717, 1.165) is 5.56 Å². The molecular weight excluding hydrogens is 306 g/mol. The number of Topliss-reactive ketones (excluding diaryl/α,β-unsaturated/α-hetero) is 1. The summed E-state index contributed by atoms with van der Waals surface area (Å²) < 4.78 is 2.33. The molecule has 19 heavy (non-hydrogen) atoms. The van der Waals surface area contributed by atoms with E-state index in [1.165, 1.54) is 0 Å². The predicted molar refractivity (Wildman–Crippen MR) is 77.9 cm³/mol. The molecule has 2 N–H and O–H groups in total. The largest absolute Gasteiger partial charge is 0.315 e. The fourth-order valence-electron chi connectivity index (χ4n) is 1.99. The second-order valence-electron chi connectivity index (χ2n) is 4.55. The Morgan fingerprint density at radius 3 is 2.63 bits per heavy atom. The van der Waals surface area contributed by atoms with Crippen molar-refractivity contribution in [3.8, 4) is 0 Å². The number of nitrogens with two attached hydrogens (primary N) is 1. The molecule has 2 rings (SSSR count). The summed E-state index contributed by atoms with van der Waals surface area (Å²) in [5, 5.41) is 4.16. The number of benzene rings is 1. The van der Waals surface area contributed by atoms with E-state index < -0.39 is 5.54 Å². The summed E-state index contributed by atoms with van der Waals surface area (Å²) in [6, 6.07) is 9.37. The summed E-state index contributed by atoms with van der Waals surface area (Å²) in [7, 11) is 0. The van der Waals surface area contributed by atoms with E-state index >= 15 is 0 Å². The van der Waals surface area contributed by atoms with Crippen molar-refractivity contribution in [2.24, 2.45) is 5.73 Å². The van der Waals surface area contributed by atoms with Crippen molar-refractivity contribution in [3.05, 3.63) is 52.3 Å². The van der Waals surface area contributed by atoms with Crippen molar-refractivity contribution in [2.45, 2.75) is 25.9 Å². The smallest absolute Gasteiger partial charge is 0.205 e. The molecule has 1 aromatic heterocycles. The first-order chi connectivity index (χ1) is 8.98. The van der Waals surface area contributed by atoms with E-state index in [1.54, 1.807) is 17.8 Å². The van der Waals surface area contributed by atoms with Crippen molar-refractivity contribution in [1.29, 1.82) is 0 Å². The predicted octanol–water partition coefficient (Wildman–Crippen LogP) is 2.72. The van der Waals surface area contributed by atoms with Crippen LogP contribution in [-0.4, -0.2) is 15.6 Å². The summed E-state index contributed by atoms with van der Waals surface area (Å²) in [5.41, 5.74) is 6.48. The molecule has 1 aromatic carbocycles. The van der Waals surface area contributed by atoms with Gasteiger partial charge in [-0.25, -0.2) is 0 Å². The zero-order chi connectivity index (χ0) is 14.0. The second kappa shape index (κ2) is 5.27. The number of ketones is 1. The standard InChI is InChI=1S/C14H16BrN3O/c1-3-18-12(11(15)9-17-18)13(19)14(2,16)10-7-5-4-6-8-10/h4-9H,3,16H2,1-2H3. The van der Waals surface area contributed by atoms with Crippen LogP contribution in [0.1, 0.15) is 29.9 Å². The van der Waals surface area contributed by atoms with Crippen LogP contribution in [0.4, 0.5) is 0 Å². The molecule has 4 nitrogen and oxygen atoms in total. The second-order valence-corrected chi connectivity index (χ2v) is 5.41. The van der Waals surface area contributed by atoms with E-state index in [-0.39, 0.29) is 5.78 Å². The molecule has 0 aliphatic heterocycles. The van der Waals surface area contributed by atoms with Crippen LogP contribution in [0.15, 0.2) is 41.0 Å². The maximum Gasteiger partial charge on any atom is 0.205 e. The lowest BCUT2D eigenvalue weighted by Gasteiger charge is -2.24. The lowest BCUT2D eigenvalue weighted by molar-refractivity contribution is 0.0888. The molecule has 100 valence electrons. The Bertz CT molecular complexity index is 590. The van der Waals surface area contributed by atoms with Crippen LogP contribution in [0, 0.1) is 0 Å². The number of aryl methyl sites for hydroxylation is 1. The minimum absolute atomic E-state index is 0.148. The Morgan fingerprint density at radius 2 is 2.05 bits per heavy atom. The van der Waals surface area contributed by atoms with Gasteiger partial charge in [-0.3, -0.25) is 9.48 Å². The van der Waals surface area contributed by atoms with Crippen LogP contribution < -0.4 is 5.73 Å². The van der Waals surface area contributed by atoms with E-state index in [2.05, 4.69) is 21.0 Å². The molecule has 0 radical (unpaired) electrons. The van der Waals surface area contributed by atoms with Crippen LogP contribution in [0.5, 0.6) is 0 Å². The van der Waals surface area contributed by atoms with Crippen LogP contribution in [0.25, 0.3) is 0 Å². The van der Waals surface area contributed by atoms with Crippen molar-refractivity contribution in [3.63, 3.8) is 0 Å². The highest BCUT2D eigenvalue weighted by molar-refractivity contribution is 9.10. The summed E-state index contributed by atoms with van der Waals surface area (Å²) in [5.74, 6) is -0.148. The zero-order valence-electron chi connectivity index (χ0n) is 10.9. The molecule has 0 spiro atoms. The fourth-order valence-corrected chi connectivity index (χ4v) is 2.47. The van der Waals surface area contributed by atoms with Crippen molar-refractivity contribution in [1.82, 2.24) is 9.78 Å². The average Bonchev–Trinajstić information content (AvgIpc) is 2.79. The van der Waals surface area contributed by atoms with Gasteiger partial charge in [-0.15, -0.1) is 0 Å². The molecule has 0 fully saturated rings. The van der Waals surface area contributed by atoms with Crippen LogP contribution in [0.3, 0.4) is 0 Å². The highest BCUT2D eigenvalue weighted by Crippen LogP contribution is 2.26. The molecule has 5 heteroatoms.